The highest BCUT2D eigenvalue weighted by atomic mass is 16.5. The number of carbonyl (C=O) groups excluding carboxylic acids is 3. The van der Waals surface area contributed by atoms with Crippen LogP contribution in [0.3, 0.4) is 0 Å². The Bertz CT molecular complexity index is 910. The molecule has 4 rings (SSSR count). The molecule has 9 nitrogen and oxygen atoms in total. The summed E-state index contributed by atoms with van der Waals surface area (Å²) in [4.78, 5) is 44.6. The fourth-order valence-electron chi connectivity index (χ4n) is 5.59. The van der Waals surface area contributed by atoms with E-state index in [1.54, 1.807) is 4.90 Å². The van der Waals surface area contributed by atoms with Gasteiger partial charge in [-0.1, -0.05) is 32.6 Å². The van der Waals surface area contributed by atoms with E-state index in [1.807, 2.05) is 34.1 Å². The number of anilines is 1. The first-order valence-electron chi connectivity index (χ1n) is 14.5. The molecule has 0 spiro atoms. The second-order valence-electron chi connectivity index (χ2n) is 10.6. The number of amides is 4. The Morgan fingerprint density at radius 3 is 2.26 bits per heavy atom. The summed E-state index contributed by atoms with van der Waals surface area (Å²) in [6.07, 6.45) is 8.81. The maximum absolute atomic E-state index is 13.3. The minimum atomic E-state index is -0.447. The van der Waals surface area contributed by atoms with E-state index in [-0.39, 0.29) is 23.8 Å². The van der Waals surface area contributed by atoms with Gasteiger partial charge in [-0.2, -0.15) is 0 Å². The van der Waals surface area contributed by atoms with Gasteiger partial charge in [-0.3, -0.25) is 9.59 Å². The highest BCUT2D eigenvalue weighted by Gasteiger charge is 2.39. The number of urea groups is 1. The van der Waals surface area contributed by atoms with Crippen molar-refractivity contribution in [2.45, 2.75) is 70.8 Å². The van der Waals surface area contributed by atoms with Crippen molar-refractivity contribution in [2.24, 2.45) is 5.92 Å². The third kappa shape index (κ3) is 7.62. The number of carbonyl (C=O) groups is 3. The normalized spacial score (nSPS) is 20.4. The van der Waals surface area contributed by atoms with Crippen molar-refractivity contribution in [3.8, 4) is 5.75 Å². The lowest BCUT2D eigenvalue weighted by molar-refractivity contribution is -0.144. The average Bonchev–Trinajstić information content (AvgIpc) is 3.46. The SMILES string of the molecule is CCCCCCCOc1ccc(NC(=O)N2CCC[C@H]2C(=O)N2CCC(C(=O)N3CCOCC3)CC2)cc1. The van der Waals surface area contributed by atoms with Crippen LogP contribution < -0.4 is 10.1 Å². The molecule has 0 saturated carbocycles. The molecule has 38 heavy (non-hydrogen) atoms. The van der Waals surface area contributed by atoms with E-state index in [0.717, 1.165) is 18.6 Å². The van der Waals surface area contributed by atoms with E-state index in [2.05, 4.69) is 12.2 Å². The summed E-state index contributed by atoms with van der Waals surface area (Å²) in [5.74, 6) is 0.944. The summed E-state index contributed by atoms with van der Waals surface area (Å²) in [6, 6.07) is 6.73. The molecule has 3 saturated heterocycles. The molecule has 9 heteroatoms. The summed E-state index contributed by atoms with van der Waals surface area (Å²) < 4.78 is 11.2. The standard InChI is InChI=1S/C29H44N4O5/c1-2-3-4-5-6-20-38-25-11-9-24(10-12-25)30-29(36)33-15-7-8-26(33)28(35)31-16-13-23(14-17-31)27(34)32-18-21-37-22-19-32/h9-12,23,26H,2-8,13-22H2,1H3,(H,30,36)/t26-/m0/s1. The number of piperidine rings is 1. The Labute approximate surface area is 226 Å². The summed E-state index contributed by atoms with van der Waals surface area (Å²) >= 11 is 0. The maximum atomic E-state index is 13.3. The Hall–Kier alpha value is -2.81. The molecule has 0 unspecified atom stereocenters. The van der Waals surface area contributed by atoms with Gasteiger partial charge in [0, 0.05) is 44.3 Å². The number of morpholine rings is 1. The van der Waals surface area contributed by atoms with Crippen molar-refractivity contribution >= 4 is 23.5 Å². The molecule has 210 valence electrons. The number of likely N-dealkylation sites (tertiary alicyclic amines) is 2. The number of nitrogens with zero attached hydrogens (tertiary/aromatic N) is 3. The second-order valence-corrected chi connectivity index (χ2v) is 10.6. The molecule has 1 N–H and O–H groups in total. The van der Waals surface area contributed by atoms with E-state index in [4.69, 9.17) is 9.47 Å². The number of ether oxygens (including phenoxy) is 2. The molecule has 0 radical (unpaired) electrons. The lowest BCUT2D eigenvalue weighted by Crippen LogP contribution is -2.52. The lowest BCUT2D eigenvalue weighted by atomic mass is 9.94. The van der Waals surface area contributed by atoms with Gasteiger partial charge in [-0.05, 0) is 56.4 Å². The van der Waals surface area contributed by atoms with Crippen molar-refractivity contribution in [1.82, 2.24) is 14.7 Å². The van der Waals surface area contributed by atoms with Crippen molar-refractivity contribution in [3.63, 3.8) is 0 Å². The first-order valence-corrected chi connectivity index (χ1v) is 14.5. The number of rotatable bonds is 10. The molecule has 3 fully saturated rings. The quantitative estimate of drug-likeness (QED) is 0.461. The molecule has 4 amide bonds. The van der Waals surface area contributed by atoms with E-state index in [1.165, 1.54) is 25.7 Å². The molecule has 3 aliphatic rings. The van der Waals surface area contributed by atoms with Crippen molar-refractivity contribution in [1.29, 1.82) is 0 Å². The molecular formula is C29H44N4O5. The Morgan fingerprint density at radius 1 is 0.868 bits per heavy atom. The molecule has 1 aromatic carbocycles. The molecule has 3 aliphatic heterocycles. The van der Waals surface area contributed by atoms with Gasteiger partial charge in [0.15, 0.2) is 0 Å². The van der Waals surface area contributed by atoms with Gasteiger partial charge >= 0.3 is 6.03 Å². The van der Waals surface area contributed by atoms with Crippen LogP contribution in [0.4, 0.5) is 10.5 Å². The van der Waals surface area contributed by atoms with Gasteiger partial charge in [-0.15, -0.1) is 0 Å². The van der Waals surface area contributed by atoms with Gasteiger partial charge in [0.1, 0.15) is 11.8 Å². The predicted octanol–water partition coefficient (Wildman–Crippen LogP) is 4.13. The fraction of sp³-hybridized carbons (Fsp3) is 0.690. The van der Waals surface area contributed by atoms with E-state index < -0.39 is 6.04 Å². The fourth-order valence-corrected chi connectivity index (χ4v) is 5.59. The summed E-state index contributed by atoms with van der Waals surface area (Å²) in [6.45, 7) is 7.09. The van der Waals surface area contributed by atoms with Gasteiger partial charge in [0.25, 0.3) is 0 Å². The molecule has 3 heterocycles. The van der Waals surface area contributed by atoms with E-state index in [0.29, 0.717) is 77.5 Å². The highest BCUT2D eigenvalue weighted by molar-refractivity contribution is 5.94. The number of hydrogen-bond acceptors (Lipinski definition) is 5. The minimum Gasteiger partial charge on any atom is -0.494 e. The Balaban J connectivity index is 1.22. The molecule has 1 atom stereocenters. The second kappa shape index (κ2) is 14.4. The monoisotopic (exact) mass is 528 g/mol. The summed E-state index contributed by atoms with van der Waals surface area (Å²) in [5.41, 5.74) is 0.686. The van der Waals surface area contributed by atoms with Gasteiger partial charge in [0.2, 0.25) is 11.8 Å². The molecule has 0 aliphatic carbocycles. The smallest absolute Gasteiger partial charge is 0.322 e. The average molecular weight is 529 g/mol. The first-order chi connectivity index (χ1) is 18.6. The molecule has 1 aromatic rings. The Morgan fingerprint density at radius 2 is 1.55 bits per heavy atom. The highest BCUT2D eigenvalue weighted by Crippen LogP contribution is 2.26. The Kier molecular flexibility index (Phi) is 10.7. The van der Waals surface area contributed by atoms with E-state index >= 15 is 0 Å². The third-order valence-corrected chi connectivity index (χ3v) is 7.90. The number of benzene rings is 1. The van der Waals surface area contributed by atoms with Crippen LogP contribution in [0.1, 0.15) is 64.7 Å². The van der Waals surface area contributed by atoms with E-state index in [9.17, 15) is 14.4 Å². The van der Waals surface area contributed by atoms with Crippen LogP contribution in [-0.2, 0) is 14.3 Å². The number of unbranched alkanes of at least 4 members (excludes halogenated alkanes) is 4. The van der Waals surface area contributed by atoms with Gasteiger partial charge in [-0.25, -0.2) is 4.79 Å². The van der Waals surface area contributed by atoms with Crippen molar-refractivity contribution < 1.29 is 23.9 Å². The summed E-state index contributed by atoms with van der Waals surface area (Å²) in [7, 11) is 0. The van der Waals surface area contributed by atoms with Crippen LogP contribution in [-0.4, -0.2) is 91.1 Å². The van der Waals surface area contributed by atoms with Crippen LogP contribution in [0.15, 0.2) is 24.3 Å². The molecule has 0 aromatic heterocycles. The summed E-state index contributed by atoms with van der Waals surface area (Å²) in [5, 5.41) is 2.95. The zero-order valence-electron chi connectivity index (χ0n) is 22.9. The van der Waals surface area contributed by atoms with Crippen molar-refractivity contribution in [3.05, 3.63) is 24.3 Å². The predicted molar refractivity (Wildman–Crippen MR) is 146 cm³/mol. The van der Waals surface area contributed by atoms with Gasteiger partial charge in [0.05, 0.1) is 19.8 Å². The first kappa shape index (κ1) is 28.2. The third-order valence-electron chi connectivity index (χ3n) is 7.90. The van der Waals surface area contributed by atoms with Crippen LogP contribution in [0.2, 0.25) is 0 Å². The molecule has 0 bridgehead atoms. The van der Waals surface area contributed by atoms with Gasteiger partial charge < -0.3 is 29.5 Å². The topological polar surface area (TPSA) is 91.4 Å². The zero-order chi connectivity index (χ0) is 26.7. The van der Waals surface area contributed by atoms with Crippen LogP contribution in [0.25, 0.3) is 0 Å². The minimum absolute atomic E-state index is 0.00222. The largest absolute Gasteiger partial charge is 0.494 e. The van der Waals surface area contributed by atoms with Crippen LogP contribution in [0, 0.1) is 5.92 Å². The van der Waals surface area contributed by atoms with Crippen LogP contribution in [0.5, 0.6) is 5.75 Å². The van der Waals surface area contributed by atoms with Crippen LogP contribution >= 0.6 is 0 Å². The zero-order valence-corrected chi connectivity index (χ0v) is 22.9. The van der Waals surface area contributed by atoms with Crippen molar-refractivity contribution in [2.75, 3.05) is 57.9 Å². The maximum Gasteiger partial charge on any atom is 0.322 e. The molecular weight excluding hydrogens is 484 g/mol. The number of hydrogen-bond donors (Lipinski definition) is 1. The lowest BCUT2D eigenvalue weighted by Gasteiger charge is -2.37. The number of nitrogens with one attached hydrogen (secondary N) is 1.